The van der Waals surface area contributed by atoms with Crippen molar-refractivity contribution in [2.75, 3.05) is 45.8 Å². The fourth-order valence-electron chi connectivity index (χ4n) is 12.0. The van der Waals surface area contributed by atoms with Gasteiger partial charge < -0.3 is 46.4 Å². The van der Waals surface area contributed by atoms with Gasteiger partial charge in [-0.15, -0.1) is 0 Å². The third-order valence-electron chi connectivity index (χ3n) is 17.0. The van der Waals surface area contributed by atoms with Crippen LogP contribution in [0, 0.1) is 23.7 Å². The molecule has 3 saturated carbocycles. The number of benzene rings is 4. The molecule has 2 saturated heterocycles. The van der Waals surface area contributed by atoms with Crippen molar-refractivity contribution in [2.24, 2.45) is 23.7 Å². The molecule has 4 aromatic rings. The van der Waals surface area contributed by atoms with Crippen LogP contribution in [0.15, 0.2) is 115 Å². The predicted octanol–water partition coefficient (Wildman–Crippen LogP) is 7.74. The normalized spacial score (nSPS) is 24.0. The molecule has 0 unspecified atom stereocenters. The van der Waals surface area contributed by atoms with Crippen LogP contribution in [0.2, 0.25) is 0 Å². The van der Waals surface area contributed by atoms with E-state index in [-0.39, 0.29) is 110 Å². The highest BCUT2D eigenvalue weighted by molar-refractivity contribution is 6.00. The lowest BCUT2D eigenvalue weighted by Crippen LogP contribution is -2.43. The van der Waals surface area contributed by atoms with Gasteiger partial charge in [-0.2, -0.15) is 0 Å². The summed E-state index contributed by atoms with van der Waals surface area (Å²) in [4.78, 5) is 112. The average molecular weight is 1130 g/mol. The molecule has 0 aromatic heterocycles. The Morgan fingerprint density at radius 1 is 0.422 bits per heavy atom. The zero-order valence-electron chi connectivity index (χ0n) is 48.5. The highest BCUT2D eigenvalue weighted by atomic mass is 16.6. The Hall–Kier alpha value is -7.56. The number of likely N-dealkylation sites (tertiary alicyclic amines) is 2. The molecule has 3 aliphatic carbocycles. The van der Waals surface area contributed by atoms with Crippen LogP contribution in [0.5, 0.6) is 0 Å². The van der Waals surface area contributed by atoms with Gasteiger partial charge in [-0.1, -0.05) is 142 Å². The zero-order chi connectivity index (χ0) is 58.5. The van der Waals surface area contributed by atoms with Crippen molar-refractivity contribution in [3.63, 3.8) is 0 Å². The van der Waals surface area contributed by atoms with Crippen LogP contribution in [0.25, 0.3) is 0 Å². The minimum atomic E-state index is -0.748. The number of amides is 8. The van der Waals surface area contributed by atoms with Crippen molar-refractivity contribution in [1.82, 2.24) is 41.7 Å². The molecule has 83 heavy (non-hydrogen) atoms. The molecule has 2 aliphatic heterocycles. The summed E-state index contributed by atoms with van der Waals surface area (Å²) in [7, 11) is 0. The smallest absolute Gasteiger partial charge is 0.408 e. The summed E-state index contributed by atoms with van der Waals surface area (Å²) in [5, 5.41) is 18.0. The Balaban J connectivity index is 0.736. The number of unbranched alkanes of at least 4 members (excludes halogenated alkanes) is 9. The van der Waals surface area contributed by atoms with Crippen LogP contribution in [0.4, 0.5) is 4.79 Å². The van der Waals surface area contributed by atoms with Crippen LogP contribution in [0.3, 0.4) is 0 Å². The first-order valence-electron chi connectivity index (χ1n) is 30.4. The maximum Gasteiger partial charge on any atom is 0.408 e. The van der Waals surface area contributed by atoms with Crippen LogP contribution < -0.4 is 31.9 Å². The van der Waals surface area contributed by atoms with E-state index in [9.17, 15) is 38.4 Å². The molecule has 17 heteroatoms. The van der Waals surface area contributed by atoms with E-state index in [0.717, 1.165) is 100 Å². The molecule has 0 bridgehead atoms. The van der Waals surface area contributed by atoms with Crippen molar-refractivity contribution in [1.29, 1.82) is 0 Å². The molecule has 4 aromatic carbocycles. The number of nitrogens with zero attached hydrogens (tertiary/aromatic N) is 2. The molecule has 442 valence electrons. The van der Waals surface area contributed by atoms with E-state index in [1.807, 2.05) is 54.6 Å². The van der Waals surface area contributed by atoms with Crippen LogP contribution in [-0.4, -0.2) is 127 Å². The number of hydrogen-bond acceptors (Lipinski definition) is 9. The highest BCUT2D eigenvalue weighted by Crippen LogP contribution is 2.44. The molecule has 8 amide bonds. The quantitative estimate of drug-likeness (QED) is 0.0321. The van der Waals surface area contributed by atoms with E-state index in [2.05, 4.69) is 68.3 Å². The monoisotopic (exact) mass is 1130 g/mol. The molecule has 0 radical (unpaired) electrons. The molecule has 2 heterocycles. The van der Waals surface area contributed by atoms with Gasteiger partial charge >= 0.3 is 6.09 Å². The summed E-state index contributed by atoms with van der Waals surface area (Å²) >= 11 is 0. The number of carbonyl (C=O) groups is 8. The average Bonchev–Trinajstić information content (AvgIpc) is 4.33. The van der Waals surface area contributed by atoms with Crippen molar-refractivity contribution in [2.45, 2.75) is 146 Å². The van der Waals surface area contributed by atoms with Gasteiger partial charge in [-0.25, -0.2) is 4.79 Å². The van der Waals surface area contributed by atoms with Crippen molar-refractivity contribution < 1.29 is 43.1 Å². The fourth-order valence-corrected chi connectivity index (χ4v) is 12.0. The Bertz CT molecular complexity index is 2810. The number of nitrogens with one attached hydrogen (secondary N) is 6. The molecule has 17 nitrogen and oxygen atoms in total. The van der Waals surface area contributed by atoms with Crippen LogP contribution >= 0.6 is 0 Å². The first-order valence-corrected chi connectivity index (χ1v) is 30.4. The maximum atomic E-state index is 14.3. The van der Waals surface area contributed by atoms with Gasteiger partial charge in [-0.05, 0) is 93.8 Å². The van der Waals surface area contributed by atoms with Gasteiger partial charge in [0.25, 0.3) is 11.8 Å². The molecular formula is C66H84N8O9. The number of ether oxygens (including phenoxy) is 1. The summed E-state index contributed by atoms with van der Waals surface area (Å²) in [6, 6.07) is 36.4. The van der Waals surface area contributed by atoms with E-state index in [1.54, 1.807) is 54.8 Å². The van der Waals surface area contributed by atoms with Crippen LogP contribution in [0.1, 0.15) is 159 Å². The third kappa shape index (κ3) is 17.0. The third-order valence-corrected chi connectivity index (χ3v) is 17.0. The molecule has 9 rings (SSSR count). The second kappa shape index (κ2) is 28.1. The summed E-state index contributed by atoms with van der Waals surface area (Å²) in [6.07, 6.45) is 12.1. The van der Waals surface area contributed by atoms with Gasteiger partial charge in [0.2, 0.25) is 29.5 Å². The predicted molar refractivity (Wildman–Crippen MR) is 316 cm³/mol. The lowest BCUT2D eigenvalue weighted by atomic mass is 9.94. The van der Waals surface area contributed by atoms with E-state index in [4.69, 9.17) is 4.74 Å². The first kappa shape index (κ1) is 60.0. The minimum absolute atomic E-state index is 0.0448. The fraction of sp³-hybridized carbons (Fsp3) is 0.515. The topological polar surface area (TPSA) is 224 Å². The lowest BCUT2D eigenvalue weighted by Gasteiger charge is -2.19. The second-order valence-electron chi connectivity index (χ2n) is 24.6. The second-order valence-corrected chi connectivity index (χ2v) is 24.6. The Kier molecular flexibility index (Phi) is 20.4. The van der Waals surface area contributed by atoms with Crippen molar-refractivity contribution in [3.8, 4) is 0 Å². The number of hydrogen-bond donors (Lipinski definition) is 6. The Morgan fingerprint density at radius 3 is 1.10 bits per heavy atom. The highest BCUT2D eigenvalue weighted by Gasteiger charge is 2.50. The Morgan fingerprint density at radius 2 is 0.747 bits per heavy atom. The van der Waals surface area contributed by atoms with Gasteiger partial charge in [-0.3, -0.25) is 33.6 Å². The van der Waals surface area contributed by atoms with E-state index in [0.29, 0.717) is 24.2 Å². The van der Waals surface area contributed by atoms with E-state index < -0.39 is 35.4 Å². The largest absolute Gasteiger partial charge is 0.444 e. The zero-order valence-corrected chi connectivity index (χ0v) is 48.5. The summed E-state index contributed by atoms with van der Waals surface area (Å²) in [5.74, 6) is -4.30. The summed E-state index contributed by atoms with van der Waals surface area (Å²) < 4.78 is 5.15. The van der Waals surface area contributed by atoms with Gasteiger partial charge in [0.05, 0.1) is 30.2 Å². The number of rotatable bonds is 27. The number of carbonyl (C=O) groups excluding carboxylic acids is 8. The standard InChI is InChI=1S/C66H84N8O9/c1-66(2,3)83-65(82)69-38-58(75)67-33-21-10-8-6-4-5-7-9-11-22-34-68-59(76)51-39-73(40-52(51)60(77)70-55-35-48(55)43-23-15-12-16-24-43)63(80)46-29-31-47(32-30-46)64(81)74-41-53(61(78)71-56-36-49(56)44-25-17-13-18-26-44)54(42-74)62(79)72-57-37-50(57)45-27-19-14-20-28-45/h12-20,23-32,48-57H,4-11,21-22,33-42H2,1-3H3,(H,67,75)(H,68,76)(H,69,82)(H,70,77)(H,71,78)(H,72,79)/t48-,49-,50-,51-,52-,53-,54-,55+,56+,57+/m1/s1. The molecule has 10 atom stereocenters. The minimum Gasteiger partial charge on any atom is -0.444 e. The van der Waals surface area contributed by atoms with Gasteiger partial charge in [0.15, 0.2) is 0 Å². The summed E-state index contributed by atoms with van der Waals surface area (Å²) in [6.45, 7) is 6.50. The Labute approximate surface area is 488 Å². The lowest BCUT2D eigenvalue weighted by molar-refractivity contribution is -0.133. The molecule has 6 N–H and O–H groups in total. The molecule has 5 aliphatic rings. The SMILES string of the molecule is CC(C)(C)OC(=O)NCC(=O)NCCCCCCCCCCCCNC(=O)[C@@H]1CN(C(=O)c2ccc(C(=O)N3C[C@@H](C(=O)N[C@H]4C[C@@H]4c4ccccc4)[C@H](C(=O)N[C@H]4C[C@@H]4c4ccccc4)C3)cc2)C[C@H]1C(=O)N[C@H]1C[C@@H]1c1ccccc1. The molecule has 5 fully saturated rings. The maximum absolute atomic E-state index is 14.3. The molecule has 0 spiro atoms. The molecular weight excluding hydrogens is 1050 g/mol. The number of alkyl carbamates (subject to hydrolysis) is 1. The summed E-state index contributed by atoms with van der Waals surface area (Å²) in [5.41, 5.74) is 3.47. The van der Waals surface area contributed by atoms with Crippen LogP contribution in [-0.2, 0) is 28.7 Å². The van der Waals surface area contributed by atoms with Crippen molar-refractivity contribution in [3.05, 3.63) is 143 Å². The van der Waals surface area contributed by atoms with Gasteiger partial charge in [0.1, 0.15) is 5.60 Å². The van der Waals surface area contributed by atoms with Crippen molar-refractivity contribution >= 4 is 47.4 Å². The van der Waals surface area contributed by atoms with E-state index >= 15 is 0 Å². The van der Waals surface area contributed by atoms with E-state index in [1.165, 1.54) is 0 Å². The first-order chi connectivity index (χ1) is 40.1. The van der Waals surface area contributed by atoms with Gasteiger partial charge in [0, 0.05) is 86.3 Å².